The number of halogens is 2. The van der Waals surface area contributed by atoms with E-state index in [1.807, 2.05) is 24.3 Å². The molecule has 4 nitrogen and oxygen atoms in total. The summed E-state index contributed by atoms with van der Waals surface area (Å²) in [5.41, 5.74) is 1.16. The van der Waals surface area contributed by atoms with Gasteiger partial charge in [-0.1, -0.05) is 39.7 Å². The average molecular weight is 343 g/mol. The fourth-order valence-electron chi connectivity index (χ4n) is 1.54. The molecule has 0 amide bonds. The van der Waals surface area contributed by atoms with E-state index < -0.39 is 0 Å². The molecule has 2 aromatic rings. The zero-order valence-corrected chi connectivity index (χ0v) is 12.7. The minimum absolute atomic E-state index is 0.341. The van der Waals surface area contributed by atoms with Crippen LogP contribution in [0.2, 0.25) is 5.15 Å². The molecule has 0 aliphatic rings. The van der Waals surface area contributed by atoms with Gasteiger partial charge in [-0.25, -0.2) is 9.97 Å². The van der Waals surface area contributed by atoms with Gasteiger partial charge in [0.25, 0.3) is 0 Å². The van der Waals surface area contributed by atoms with Gasteiger partial charge >= 0.3 is 0 Å². The van der Waals surface area contributed by atoms with E-state index in [4.69, 9.17) is 16.3 Å². The molecule has 0 spiro atoms. The fourth-order valence-corrected chi connectivity index (χ4v) is 2.01. The minimum atomic E-state index is 0.341. The second-order valence-electron chi connectivity index (χ2n) is 3.91. The lowest BCUT2D eigenvalue weighted by atomic mass is 10.2. The highest BCUT2D eigenvalue weighted by atomic mass is 79.9. The van der Waals surface area contributed by atoms with Crippen molar-refractivity contribution in [2.45, 2.75) is 13.2 Å². The lowest BCUT2D eigenvalue weighted by molar-refractivity contribution is 0.178. The first-order valence-electron chi connectivity index (χ1n) is 5.68. The zero-order chi connectivity index (χ0) is 13.7. The van der Waals surface area contributed by atoms with E-state index in [1.54, 1.807) is 13.2 Å². The number of anilines is 1. The van der Waals surface area contributed by atoms with Crippen molar-refractivity contribution in [3.8, 4) is 0 Å². The van der Waals surface area contributed by atoms with Crippen LogP contribution in [0.3, 0.4) is 0 Å². The maximum Gasteiger partial charge on any atom is 0.158 e. The van der Waals surface area contributed by atoms with E-state index in [9.17, 15) is 0 Å². The lowest BCUT2D eigenvalue weighted by Crippen LogP contribution is -2.05. The highest BCUT2D eigenvalue weighted by Gasteiger charge is 2.03. The smallest absolute Gasteiger partial charge is 0.158 e. The SMILES string of the molecule is COCc1nc(Cl)cc(NCc2ccc(Br)cc2)n1. The topological polar surface area (TPSA) is 47.0 Å². The highest BCUT2D eigenvalue weighted by Crippen LogP contribution is 2.15. The van der Waals surface area contributed by atoms with Crippen molar-refractivity contribution < 1.29 is 4.74 Å². The van der Waals surface area contributed by atoms with Gasteiger partial charge in [-0.05, 0) is 17.7 Å². The number of ether oxygens (including phenoxy) is 1. The Bertz CT molecular complexity index is 548. The van der Waals surface area contributed by atoms with E-state index in [1.165, 1.54) is 0 Å². The van der Waals surface area contributed by atoms with E-state index in [-0.39, 0.29) is 0 Å². The third-order valence-corrected chi connectivity index (χ3v) is 3.12. The summed E-state index contributed by atoms with van der Waals surface area (Å²) in [7, 11) is 1.60. The molecule has 100 valence electrons. The monoisotopic (exact) mass is 341 g/mol. The maximum atomic E-state index is 5.94. The molecular formula is C13H13BrClN3O. The third kappa shape index (κ3) is 4.45. The van der Waals surface area contributed by atoms with Gasteiger partial charge in [0.1, 0.15) is 17.6 Å². The number of hydrogen-bond acceptors (Lipinski definition) is 4. The predicted octanol–water partition coefficient (Wildman–Crippen LogP) is 3.65. The molecule has 0 fully saturated rings. The Morgan fingerprint density at radius 1 is 1.26 bits per heavy atom. The Balaban J connectivity index is 2.04. The van der Waals surface area contributed by atoms with Crippen LogP contribution in [0.1, 0.15) is 11.4 Å². The normalized spacial score (nSPS) is 10.5. The van der Waals surface area contributed by atoms with Crippen LogP contribution in [0, 0.1) is 0 Å². The molecule has 1 aromatic heterocycles. The predicted molar refractivity (Wildman–Crippen MR) is 79.2 cm³/mol. The molecule has 6 heteroatoms. The number of hydrogen-bond donors (Lipinski definition) is 1. The van der Waals surface area contributed by atoms with Crippen LogP contribution in [0.5, 0.6) is 0 Å². The minimum Gasteiger partial charge on any atom is -0.377 e. The first-order chi connectivity index (χ1) is 9.17. The Kier molecular flexibility index (Phi) is 5.13. The van der Waals surface area contributed by atoms with Crippen molar-refractivity contribution in [1.82, 2.24) is 9.97 Å². The second kappa shape index (κ2) is 6.84. The fraction of sp³-hybridized carbons (Fsp3) is 0.231. The Morgan fingerprint density at radius 2 is 2.00 bits per heavy atom. The molecule has 0 saturated carbocycles. The van der Waals surface area contributed by atoms with Crippen molar-refractivity contribution in [2.75, 3.05) is 12.4 Å². The van der Waals surface area contributed by atoms with Crippen molar-refractivity contribution in [3.05, 3.63) is 51.3 Å². The summed E-state index contributed by atoms with van der Waals surface area (Å²) in [5, 5.41) is 3.62. The highest BCUT2D eigenvalue weighted by molar-refractivity contribution is 9.10. The van der Waals surface area contributed by atoms with E-state index >= 15 is 0 Å². The number of methoxy groups -OCH3 is 1. The summed E-state index contributed by atoms with van der Waals surface area (Å²) in [5.74, 6) is 1.25. The maximum absolute atomic E-state index is 5.94. The molecule has 1 N–H and O–H groups in total. The van der Waals surface area contributed by atoms with Gasteiger partial charge in [-0.15, -0.1) is 0 Å². The number of rotatable bonds is 5. The van der Waals surface area contributed by atoms with Gasteiger partial charge < -0.3 is 10.1 Å². The molecule has 0 saturated heterocycles. The molecule has 0 bridgehead atoms. The van der Waals surface area contributed by atoms with Crippen LogP contribution in [0.4, 0.5) is 5.82 Å². The number of aromatic nitrogens is 2. The quantitative estimate of drug-likeness (QED) is 0.843. The summed E-state index contributed by atoms with van der Waals surface area (Å²) < 4.78 is 6.06. The van der Waals surface area contributed by atoms with Crippen LogP contribution in [0.15, 0.2) is 34.8 Å². The van der Waals surface area contributed by atoms with Crippen LogP contribution in [0.25, 0.3) is 0 Å². The standard InChI is InChI=1S/C13H13BrClN3O/c1-19-8-13-17-11(15)6-12(18-13)16-7-9-2-4-10(14)5-3-9/h2-6H,7-8H2,1H3,(H,16,17,18). The van der Waals surface area contributed by atoms with Gasteiger partial charge in [0.05, 0.1) is 0 Å². The molecule has 2 rings (SSSR count). The summed E-state index contributed by atoms with van der Waals surface area (Å²) >= 11 is 9.34. The van der Waals surface area contributed by atoms with Crippen molar-refractivity contribution in [1.29, 1.82) is 0 Å². The molecule has 19 heavy (non-hydrogen) atoms. The van der Waals surface area contributed by atoms with Gasteiger partial charge in [0, 0.05) is 24.2 Å². The average Bonchev–Trinajstić information content (AvgIpc) is 2.38. The van der Waals surface area contributed by atoms with Crippen LogP contribution < -0.4 is 5.32 Å². The van der Waals surface area contributed by atoms with Gasteiger partial charge in [-0.2, -0.15) is 0 Å². The number of nitrogens with one attached hydrogen (secondary N) is 1. The molecule has 0 atom stereocenters. The Hall–Kier alpha value is -1.17. The van der Waals surface area contributed by atoms with Crippen LogP contribution in [-0.2, 0) is 17.9 Å². The zero-order valence-electron chi connectivity index (χ0n) is 10.4. The largest absolute Gasteiger partial charge is 0.377 e. The van der Waals surface area contributed by atoms with E-state index in [0.717, 1.165) is 10.0 Å². The first kappa shape index (κ1) is 14.2. The first-order valence-corrected chi connectivity index (χ1v) is 6.85. The van der Waals surface area contributed by atoms with Gasteiger partial charge in [-0.3, -0.25) is 0 Å². The van der Waals surface area contributed by atoms with Crippen molar-refractivity contribution in [2.24, 2.45) is 0 Å². The van der Waals surface area contributed by atoms with Gasteiger partial charge in [0.15, 0.2) is 5.82 Å². The Labute approximate surface area is 125 Å². The molecule has 0 radical (unpaired) electrons. The number of nitrogens with zero attached hydrogens (tertiary/aromatic N) is 2. The second-order valence-corrected chi connectivity index (χ2v) is 5.21. The van der Waals surface area contributed by atoms with E-state index in [2.05, 4.69) is 31.2 Å². The van der Waals surface area contributed by atoms with Gasteiger partial charge in [0.2, 0.25) is 0 Å². The van der Waals surface area contributed by atoms with Crippen molar-refractivity contribution >= 4 is 33.3 Å². The summed E-state index contributed by atoms with van der Waals surface area (Å²) in [6.07, 6.45) is 0. The van der Waals surface area contributed by atoms with Crippen LogP contribution >= 0.6 is 27.5 Å². The van der Waals surface area contributed by atoms with Crippen LogP contribution in [-0.4, -0.2) is 17.1 Å². The summed E-state index contributed by atoms with van der Waals surface area (Å²) in [6, 6.07) is 9.77. The lowest BCUT2D eigenvalue weighted by Gasteiger charge is -2.08. The Morgan fingerprint density at radius 3 is 2.68 bits per heavy atom. The summed E-state index contributed by atoms with van der Waals surface area (Å²) in [4.78, 5) is 8.39. The number of benzene rings is 1. The molecule has 0 unspecified atom stereocenters. The van der Waals surface area contributed by atoms with E-state index in [0.29, 0.717) is 29.9 Å². The molecule has 1 heterocycles. The summed E-state index contributed by atoms with van der Waals surface area (Å²) in [6.45, 7) is 1.01. The molecule has 1 aromatic carbocycles. The molecule has 0 aliphatic carbocycles. The van der Waals surface area contributed by atoms with Crippen molar-refractivity contribution in [3.63, 3.8) is 0 Å². The third-order valence-electron chi connectivity index (χ3n) is 2.40. The molecular weight excluding hydrogens is 330 g/mol. The molecule has 0 aliphatic heterocycles.